The second-order valence-corrected chi connectivity index (χ2v) is 8.08. The van der Waals surface area contributed by atoms with Crippen molar-refractivity contribution in [1.29, 1.82) is 0 Å². The first-order valence-corrected chi connectivity index (χ1v) is 10.6. The van der Waals surface area contributed by atoms with Crippen LogP contribution in [0.3, 0.4) is 0 Å². The number of hydrogen-bond donors (Lipinski definition) is 3. The van der Waals surface area contributed by atoms with Crippen molar-refractivity contribution < 1.29 is 4.79 Å². The van der Waals surface area contributed by atoms with Crippen LogP contribution in [0.1, 0.15) is 65.2 Å². The van der Waals surface area contributed by atoms with Crippen LogP contribution in [-0.4, -0.2) is 56.0 Å². The molecule has 0 aromatic heterocycles. The van der Waals surface area contributed by atoms with Gasteiger partial charge in [-0.25, -0.2) is 0 Å². The maximum absolute atomic E-state index is 11.4. The van der Waals surface area contributed by atoms with Gasteiger partial charge in [0.2, 0.25) is 5.91 Å². The molecule has 0 aromatic rings. The number of nitrogens with zero attached hydrogens (tertiary/aromatic N) is 2. The molecule has 150 valence electrons. The summed E-state index contributed by atoms with van der Waals surface area (Å²) in [5.41, 5.74) is 5.89. The lowest BCUT2D eigenvalue weighted by Crippen LogP contribution is -2.43. The normalized spacial score (nSPS) is 23.8. The highest BCUT2D eigenvalue weighted by molar-refractivity contribution is 5.79. The topological polar surface area (TPSA) is 82.8 Å². The number of aliphatic imine (C=N–C) groups is 1. The third-order valence-corrected chi connectivity index (χ3v) is 6.18. The molecule has 1 saturated carbocycles. The molecule has 4 N–H and O–H groups in total. The van der Waals surface area contributed by atoms with Gasteiger partial charge < -0.3 is 21.3 Å². The summed E-state index contributed by atoms with van der Waals surface area (Å²) in [6.07, 6.45) is 9.65. The molecule has 0 radical (unpaired) electrons. The Labute approximate surface area is 159 Å². The van der Waals surface area contributed by atoms with Gasteiger partial charge in [-0.3, -0.25) is 9.79 Å². The van der Waals surface area contributed by atoms with Crippen LogP contribution in [-0.2, 0) is 4.79 Å². The first-order valence-electron chi connectivity index (χ1n) is 10.6. The number of nitrogens with one attached hydrogen (secondary N) is 2. The van der Waals surface area contributed by atoms with Crippen molar-refractivity contribution >= 4 is 11.9 Å². The highest BCUT2D eigenvalue weighted by atomic mass is 16.1. The van der Waals surface area contributed by atoms with E-state index in [-0.39, 0.29) is 11.8 Å². The van der Waals surface area contributed by atoms with Gasteiger partial charge in [-0.05, 0) is 64.0 Å². The van der Waals surface area contributed by atoms with E-state index >= 15 is 0 Å². The summed E-state index contributed by atoms with van der Waals surface area (Å²) in [5, 5.41) is 6.85. The van der Waals surface area contributed by atoms with Crippen LogP contribution in [0.15, 0.2) is 4.99 Å². The number of piperidine rings is 1. The summed E-state index contributed by atoms with van der Waals surface area (Å²) in [5.74, 6) is 0.833. The summed E-state index contributed by atoms with van der Waals surface area (Å²) in [6.45, 7) is 10.1. The molecule has 6 heteroatoms. The number of guanidine groups is 1. The Morgan fingerprint density at radius 1 is 1.23 bits per heavy atom. The standard InChI is InChI=1S/C20H39N5O/c1-3-20(10-5-6-11-20)16-24-19(22-4-2)23-12-8-14-25-13-7-9-17(15-25)18(21)26/h17H,3-16H2,1-2H3,(H2,21,26)(H2,22,23,24). The van der Waals surface area contributed by atoms with E-state index in [0.717, 1.165) is 64.5 Å². The van der Waals surface area contributed by atoms with Crippen LogP contribution in [0.4, 0.5) is 0 Å². The second kappa shape index (κ2) is 10.8. The van der Waals surface area contributed by atoms with Crippen molar-refractivity contribution in [1.82, 2.24) is 15.5 Å². The van der Waals surface area contributed by atoms with Gasteiger partial charge in [-0.2, -0.15) is 0 Å². The van der Waals surface area contributed by atoms with Gasteiger partial charge in [0.1, 0.15) is 0 Å². The van der Waals surface area contributed by atoms with Crippen LogP contribution >= 0.6 is 0 Å². The fraction of sp³-hybridized carbons (Fsp3) is 0.900. The van der Waals surface area contributed by atoms with E-state index in [0.29, 0.717) is 5.41 Å². The lowest BCUT2D eigenvalue weighted by Gasteiger charge is -2.31. The van der Waals surface area contributed by atoms with Gasteiger partial charge in [0, 0.05) is 26.2 Å². The van der Waals surface area contributed by atoms with Crippen molar-refractivity contribution in [3.8, 4) is 0 Å². The lowest BCUT2D eigenvalue weighted by atomic mass is 9.84. The minimum atomic E-state index is -0.147. The number of carbonyl (C=O) groups is 1. The summed E-state index contributed by atoms with van der Waals surface area (Å²) >= 11 is 0. The highest BCUT2D eigenvalue weighted by Crippen LogP contribution is 2.41. The van der Waals surface area contributed by atoms with Gasteiger partial charge in [-0.1, -0.05) is 19.8 Å². The van der Waals surface area contributed by atoms with E-state index in [2.05, 4.69) is 29.4 Å². The Morgan fingerprint density at radius 3 is 2.65 bits per heavy atom. The summed E-state index contributed by atoms with van der Waals surface area (Å²) in [4.78, 5) is 18.6. The monoisotopic (exact) mass is 365 g/mol. The summed E-state index contributed by atoms with van der Waals surface area (Å²) < 4.78 is 0. The molecule has 1 aliphatic carbocycles. The van der Waals surface area contributed by atoms with Crippen molar-refractivity contribution in [2.45, 2.75) is 65.2 Å². The van der Waals surface area contributed by atoms with E-state index in [4.69, 9.17) is 10.7 Å². The zero-order valence-corrected chi connectivity index (χ0v) is 16.9. The van der Waals surface area contributed by atoms with Gasteiger partial charge in [-0.15, -0.1) is 0 Å². The Kier molecular flexibility index (Phi) is 8.69. The molecule has 0 spiro atoms. The first kappa shape index (κ1) is 21.0. The van der Waals surface area contributed by atoms with Crippen LogP contribution in [0.2, 0.25) is 0 Å². The number of hydrogen-bond acceptors (Lipinski definition) is 3. The zero-order valence-electron chi connectivity index (χ0n) is 16.9. The molecule has 1 atom stereocenters. The third kappa shape index (κ3) is 6.45. The fourth-order valence-corrected chi connectivity index (χ4v) is 4.34. The number of likely N-dealkylation sites (tertiary alicyclic amines) is 1. The molecule has 2 aliphatic rings. The quantitative estimate of drug-likeness (QED) is 0.332. The highest BCUT2D eigenvalue weighted by Gasteiger charge is 2.31. The zero-order chi connectivity index (χ0) is 18.8. The number of carbonyl (C=O) groups excluding carboxylic acids is 1. The van der Waals surface area contributed by atoms with Gasteiger partial charge in [0.05, 0.1) is 5.92 Å². The Bertz CT molecular complexity index is 459. The Morgan fingerprint density at radius 2 is 2.00 bits per heavy atom. The molecule has 2 fully saturated rings. The largest absolute Gasteiger partial charge is 0.369 e. The van der Waals surface area contributed by atoms with Crippen molar-refractivity contribution in [2.75, 3.05) is 39.3 Å². The third-order valence-electron chi connectivity index (χ3n) is 6.18. The molecular formula is C20H39N5O. The maximum atomic E-state index is 11.4. The molecule has 1 saturated heterocycles. The van der Waals surface area contributed by atoms with Gasteiger partial charge >= 0.3 is 0 Å². The number of amides is 1. The molecule has 1 unspecified atom stereocenters. The first-order chi connectivity index (χ1) is 12.6. The molecule has 0 bridgehead atoms. The second-order valence-electron chi connectivity index (χ2n) is 8.08. The van der Waals surface area contributed by atoms with E-state index < -0.39 is 0 Å². The van der Waals surface area contributed by atoms with Crippen molar-refractivity contribution in [3.63, 3.8) is 0 Å². The lowest BCUT2D eigenvalue weighted by molar-refractivity contribution is -0.123. The Hall–Kier alpha value is -1.30. The molecular weight excluding hydrogens is 326 g/mol. The van der Waals surface area contributed by atoms with E-state index in [1.807, 2.05) is 0 Å². The molecule has 1 heterocycles. The van der Waals surface area contributed by atoms with E-state index in [9.17, 15) is 4.79 Å². The number of primary amides is 1. The van der Waals surface area contributed by atoms with Crippen LogP contribution in [0.5, 0.6) is 0 Å². The molecule has 1 amide bonds. The maximum Gasteiger partial charge on any atom is 0.221 e. The van der Waals surface area contributed by atoms with Crippen molar-refractivity contribution in [3.05, 3.63) is 0 Å². The average molecular weight is 366 g/mol. The van der Waals surface area contributed by atoms with E-state index in [1.165, 1.54) is 32.1 Å². The number of nitrogens with two attached hydrogens (primary N) is 1. The van der Waals surface area contributed by atoms with Crippen LogP contribution in [0.25, 0.3) is 0 Å². The smallest absolute Gasteiger partial charge is 0.221 e. The molecule has 0 aromatic carbocycles. The number of rotatable bonds is 9. The van der Waals surface area contributed by atoms with Crippen molar-refractivity contribution in [2.24, 2.45) is 22.1 Å². The molecule has 2 rings (SSSR count). The van der Waals surface area contributed by atoms with Crippen LogP contribution in [0, 0.1) is 11.3 Å². The van der Waals surface area contributed by atoms with Gasteiger partial charge in [0.15, 0.2) is 5.96 Å². The fourth-order valence-electron chi connectivity index (χ4n) is 4.34. The predicted molar refractivity (Wildman–Crippen MR) is 108 cm³/mol. The predicted octanol–water partition coefficient (Wildman–Crippen LogP) is 2.10. The molecule has 26 heavy (non-hydrogen) atoms. The summed E-state index contributed by atoms with van der Waals surface area (Å²) in [7, 11) is 0. The van der Waals surface area contributed by atoms with E-state index in [1.54, 1.807) is 0 Å². The SMILES string of the molecule is CCNC(=NCC1(CC)CCCC1)NCCCN1CCCC(C(N)=O)C1. The average Bonchev–Trinajstić information content (AvgIpc) is 3.13. The summed E-state index contributed by atoms with van der Waals surface area (Å²) in [6, 6.07) is 0. The Balaban J connectivity index is 1.72. The van der Waals surface area contributed by atoms with Gasteiger partial charge in [0.25, 0.3) is 0 Å². The molecule has 1 aliphatic heterocycles. The van der Waals surface area contributed by atoms with Crippen LogP contribution < -0.4 is 16.4 Å². The minimum absolute atomic E-state index is 0.0345. The molecule has 6 nitrogen and oxygen atoms in total. The minimum Gasteiger partial charge on any atom is -0.369 e.